The van der Waals surface area contributed by atoms with Crippen LogP contribution in [0.25, 0.3) is 0 Å². The largest absolute Gasteiger partial charge is 0.497 e. The average Bonchev–Trinajstić information content (AvgIpc) is 2.27. The zero-order chi connectivity index (χ0) is 13.8. The Hall–Kier alpha value is -1.31. The van der Waals surface area contributed by atoms with Gasteiger partial charge >= 0.3 is 0 Å². The lowest BCUT2D eigenvalue weighted by atomic mass is 10.3. The molecule has 0 heterocycles. The Kier molecular flexibility index (Phi) is 4.94. The molecule has 1 aromatic carbocycles. The van der Waals surface area contributed by atoms with Crippen molar-refractivity contribution in [2.75, 3.05) is 26.6 Å². The Balaban J connectivity index is 2.98. The highest BCUT2D eigenvalue weighted by Crippen LogP contribution is 2.23. The fourth-order valence-corrected chi connectivity index (χ4v) is 2.85. The topological polar surface area (TPSA) is 90.6 Å². The minimum atomic E-state index is -3.65. The molecule has 0 spiro atoms. The van der Waals surface area contributed by atoms with Crippen LogP contribution in [0, 0.1) is 0 Å². The molecule has 3 N–H and O–H groups in total. The van der Waals surface area contributed by atoms with Gasteiger partial charge in [-0.25, -0.2) is 13.1 Å². The van der Waals surface area contributed by atoms with E-state index < -0.39 is 10.0 Å². The van der Waals surface area contributed by atoms with Gasteiger partial charge in [-0.15, -0.1) is 0 Å². The number of methoxy groups -OCH3 is 2. The molecule has 0 bridgehead atoms. The number of nitrogen functional groups attached to an aromatic ring is 1. The van der Waals surface area contributed by atoms with Gasteiger partial charge in [0.05, 0.1) is 19.4 Å². The van der Waals surface area contributed by atoms with Crippen LogP contribution in [0.4, 0.5) is 5.69 Å². The van der Waals surface area contributed by atoms with Crippen molar-refractivity contribution in [3.63, 3.8) is 0 Å². The third-order valence-corrected chi connectivity index (χ3v) is 3.94. The first-order valence-electron chi connectivity index (χ1n) is 5.35. The van der Waals surface area contributed by atoms with Crippen molar-refractivity contribution in [3.8, 4) is 5.75 Å². The molecule has 0 fully saturated rings. The van der Waals surface area contributed by atoms with E-state index in [9.17, 15) is 8.42 Å². The van der Waals surface area contributed by atoms with Crippen molar-refractivity contribution >= 4 is 15.7 Å². The number of benzene rings is 1. The summed E-state index contributed by atoms with van der Waals surface area (Å²) in [5.41, 5.74) is 5.85. The van der Waals surface area contributed by atoms with Gasteiger partial charge in [-0.1, -0.05) is 0 Å². The van der Waals surface area contributed by atoms with Crippen LogP contribution in [-0.4, -0.2) is 35.3 Å². The molecule has 1 unspecified atom stereocenters. The highest BCUT2D eigenvalue weighted by Gasteiger charge is 2.20. The number of nitrogens with one attached hydrogen (secondary N) is 1. The van der Waals surface area contributed by atoms with E-state index in [2.05, 4.69) is 4.72 Å². The van der Waals surface area contributed by atoms with Crippen LogP contribution in [0.15, 0.2) is 23.1 Å². The van der Waals surface area contributed by atoms with E-state index >= 15 is 0 Å². The number of hydrogen-bond acceptors (Lipinski definition) is 5. The van der Waals surface area contributed by atoms with Crippen molar-refractivity contribution in [1.29, 1.82) is 0 Å². The number of nitrogens with two attached hydrogens (primary N) is 1. The van der Waals surface area contributed by atoms with Crippen LogP contribution in [0.3, 0.4) is 0 Å². The van der Waals surface area contributed by atoms with Gasteiger partial charge in [0, 0.05) is 19.2 Å². The van der Waals surface area contributed by atoms with Crippen LogP contribution in [0.2, 0.25) is 0 Å². The van der Waals surface area contributed by atoms with Gasteiger partial charge in [-0.3, -0.25) is 0 Å². The first kappa shape index (κ1) is 14.7. The maximum atomic E-state index is 12.1. The number of sulfonamides is 1. The van der Waals surface area contributed by atoms with E-state index in [0.717, 1.165) is 0 Å². The highest BCUT2D eigenvalue weighted by molar-refractivity contribution is 7.89. The maximum absolute atomic E-state index is 12.1. The van der Waals surface area contributed by atoms with E-state index in [4.69, 9.17) is 15.2 Å². The fourth-order valence-electron chi connectivity index (χ4n) is 1.51. The van der Waals surface area contributed by atoms with Crippen molar-refractivity contribution in [3.05, 3.63) is 18.2 Å². The molecule has 0 aliphatic heterocycles. The van der Waals surface area contributed by atoms with E-state index in [1.807, 2.05) is 0 Å². The second kappa shape index (κ2) is 6.03. The van der Waals surface area contributed by atoms with Crippen LogP contribution >= 0.6 is 0 Å². The maximum Gasteiger partial charge on any atom is 0.242 e. The van der Waals surface area contributed by atoms with Gasteiger partial charge in [0.1, 0.15) is 10.6 Å². The lowest BCUT2D eigenvalue weighted by Crippen LogP contribution is -2.35. The molecule has 1 rings (SSSR count). The summed E-state index contributed by atoms with van der Waals surface area (Å²) >= 11 is 0. The van der Waals surface area contributed by atoms with Crippen molar-refractivity contribution in [2.24, 2.45) is 0 Å². The molecule has 0 saturated heterocycles. The molecule has 0 saturated carbocycles. The molecular formula is C11H18N2O4S. The van der Waals surface area contributed by atoms with Gasteiger partial charge < -0.3 is 15.2 Å². The quantitative estimate of drug-likeness (QED) is 0.741. The minimum Gasteiger partial charge on any atom is -0.497 e. The molecule has 0 aliphatic carbocycles. The SMILES string of the molecule is COCC(C)NS(=O)(=O)c1ccc(OC)cc1N. The lowest BCUT2D eigenvalue weighted by Gasteiger charge is -2.14. The second-order valence-corrected chi connectivity index (χ2v) is 5.56. The molecule has 1 aromatic rings. The van der Waals surface area contributed by atoms with Crippen LogP contribution in [0.1, 0.15) is 6.92 Å². The number of anilines is 1. The van der Waals surface area contributed by atoms with Gasteiger partial charge in [0.25, 0.3) is 0 Å². The second-order valence-electron chi connectivity index (χ2n) is 3.88. The average molecular weight is 274 g/mol. The molecule has 7 heteroatoms. The summed E-state index contributed by atoms with van der Waals surface area (Å²) in [5, 5.41) is 0. The predicted octanol–water partition coefficient (Wildman–Crippen LogP) is 0.591. The van der Waals surface area contributed by atoms with Gasteiger partial charge in [-0.2, -0.15) is 0 Å². The summed E-state index contributed by atoms with van der Waals surface area (Å²) < 4.78 is 36.4. The molecule has 0 radical (unpaired) electrons. The molecule has 1 atom stereocenters. The lowest BCUT2D eigenvalue weighted by molar-refractivity contribution is 0.180. The normalized spacial score (nSPS) is 13.3. The fraction of sp³-hybridized carbons (Fsp3) is 0.455. The molecule has 6 nitrogen and oxygen atoms in total. The first-order valence-corrected chi connectivity index (χ1v) is 6.84. The molecule has 0 aromatic heterocycles. The summed E-state index contributed by atoms with van der Waals surface area (Å²) in [6.45, 7) is 2.00. The predicted molar refractivity (Wildman–Crippen MR) is 69.1 cm³/mol. The molecule has 18 heavy (non-hydrogen) atoms. The zero-order valence-corrected chi connectivity index (χ0v) is 11.5. The summed E-state index contributed by atoms with van der Waals surface area (Å²) in [7, 11) is -0.653. The van der Waals surface area contributed by atoms with E-state index in [0.29, 0.717) is 5.75 Å². The van der Waals surface area contributed by atoms with Crippen LogP contribution in [0.5, 0.6) is 5.75 Å². The van der Waals surface area contributed by atoms with Gasteiger partial charge in [-0.05, 0) is 19.1 Å². The molecule has 0 amide bonds. The monoisotopic (exact) mass is 274 g/mol. The summed E-state index contributed by atoms with van der Waals surface area (Å²) in [6.07, 6.45) is 0. The Morgan fingerprint density at radius 1 is 1.39 bits per heavy atom. The summed E-state index contributed by atoms with van der Waals surface area (Å²) in [6, 6.07) is 4.10. The van der Waals surface area contributed by atoms with Gasteiger partial charge in [0.2, 0.25) is 10.0 Å². The van der Waals surface area contributed by atoms with E-state index in [1.54, 1.807) is 13.0 Å². The summed E-state index contributed by atoms with van der Waals surface area (Å²) in [5.74, 6) is 0.511. The van der Waals surface area contributed by atoms with Gasteiger partial charge in [0.15, 0.2) is 0 Å². The standard InChI is InChI=1S/C11H18N2O4S/c1-8(7-16-2)13-18(14,15)11-5-4-9(17-3)6-10(11)12/h4-6,8,13H,7,12H2,1-3H3. The Labute approximate surface area is 107 Å². The van der Waals surface area contributed by atoms with Crippen molar-refractivity contribution < 1.29 is 17.9 Å². The third-order valence-electron chi connectivity index (χ3n) is 2.28. The zero-order valence-electron chi connectivity index (χ0n) is 10.6. The van der Waals surface area contributed by atoms with Crippen molar-refractivity contribution in [2.45, 2.75) is 17.9 Å². The molecule has 102 valence electrons. The Bertz CT molecular complexity index is 502. The number of hydrogen-bond donors (Lipinski definition) is 2. The number of rotatable bonds is 6. The van der Waals surface area contributed by atoms with Crippen LogP contribution in [-0.2, 0) is 14.8 Å². The minimum absolute atomic E-state index is 0.0336. The smallest absolute Gasteiger partial charge is 0.242 e. The summed E-state index contributed by atoms with van der Waals surface area (Å²) in [4.78, 5) is 0.0336. The Morgan fingerprint density at radius 2 is 2.06 bits per heavy atom. The van der Waals surface area contributed by atoms with E-state index in [1.165, 1.54) is 26.4 Å². The van der Waals surface area contributed by atoms with Crippen LogP contribution < -0.4 is 15.2 Å². The number of ether oxygens (including phenoxy) is 2. The first-order chi connectivity index (χ1) is 8.40. The Morgan fingerprint density at radius 3 is 2.56 bits per heavy atom. The van der Waals surface area contributed by atoms with Crippen molar-refractivity contribution in [1.82, 2.24) is 4.72 Å². The highest BCUT2D eigenvalue weighted by atomic mass is 32.2. The molecule has 0 aliphatic rings. The van der Waals surface area contributed by atoms with E-state index in [-0.39, 0.29) is 23.2 Å². The molecular weight excluding hydrogens is 256 g/mol. The third kappa shape index (κ3) is 3.59.